The summed E-state index contributed by atoms with van der Waals surface area (Å²) in [5, 5.41) is 7.05. The second-order valence-electron chi connectivity index (χ2n) is 5.04. The van der Waals surface area contributed by atoms with Gasteiger partial charge in [-0.15, -0.1) is 0 Å². The number of amides is 1. The predicted octanol–water partition coefficient (Wildman–Crippen LogP) is 3.06. The maximum Gasteiger partial charge on any atom is 0.228 e. The lowest BCUT2D eigenvalue weighted by molar-refractivity contribution is -0.115. The molecule has 3 aromatic rings. The third kappa shape index (κ3) is 3.58. The van der Waals surface area contributed by atoms with Gasteiger partial charge in [-0.05, 0) is 35.9 Å². The quantitative estimate of drug-likeness (QED) is 0.788. The first-order valence-corrected chi connectivity index (χ1v) is 7.28. The number of methoxy groups -OCH3 is 1. The molecule has 3 rings (SSSR count). The lowest BCUT2D eigenvalue weighted by atomic mass is 10.1. The monoisotopic (exact) mass is 307 g/mol. The molecular formula is C18H17N3O2. The molecule has 0 spiro atoms. The number of ether oxygens (including phenoxy) is 1. The number of hydrogen-bond donors (Lipinski definition) is 1. The number of benzene rings is 2. The van der Waals surface area contributed by atoms with Crippen LogP contribution in [0.2, 0.25) is 0 Å². The van der Waals surface area contributed by atoms with E-state index in [4.69, 9.17) is 4.74 Å². The average molecular weight is 307 g/mol. The number of rotatable bonds is 5. The largest absolute Gasteiger partial charge is 0.495 e. The zero-order chi connectivity index (χ0) is 16.1. The van der Waals surface area contributed by atoms with Gasteiger partial charge in [0.15, 0.2) is 0 Å². The van der Waals surface area contributed by atoms with Crippen molar-refractivity contribution < 1.29 is 9.53 Å². The molecule has 0 unspecified atom stereocenters. The maximum atomic E-state index is 12.2. The fraction of sp³-hybridized carbons (Fsp3) is 0.111. The van der Waals surface area contributed by atoms with Crippen LogP contribution in [0, 0.1) is 0 Å². The molecular weight excluding hydrogens is 290 g/mol. The average Bonchev–Trinajstić information content (AvgIpc) is 3.10. The van der Waals surface area contributed by atoms with Gasteiger partial charge in [-0.3, -0.25) is 4.79 Å². The van der Waals surface area contributed by atoms with Crippen molar-refractivity contribution in [3.63, 3.8) is 0 Å². The molecule has 1 amide bonds. The Morgan fingerprint density at radius 2 is 1.91 bits per heavy atom. The number of hydrogen-bond acceptors (Lipinski definition) is 3. The van der Waals surface area contributed by atoms with E-state index in [1.807, 2.05) is 60.8 Å². The minimum Gasteiger partial charge on any atom is -0.495 e. The highest BCUT2D eigenvalue weighted by Crippen LogP contribution is 2.23. The molecule has 1 aromatic heterocycles. The number of nitrogens with one attached hydrogen (secondary N) is 1. The molecule has 5 heteroatoms. The van der Waals surface area contributed by atoms with Crippen LogP contribution < -0.4 is 10.1 Å². The Hall–Kier alpha value is -3.08. The standard InChI is InChI=1S/C18H17N3O2/c1-23-17-6-3-2-5-16(17)20-18(22)13-14-7-9-15(10-8-14)21-12-4-11-19-21/h2-12H,13H2,1H3,(H,20,22). The minimum atomic E-state index is -0.0821. The molecule has 116 valence electrons. The van der Waals surface area contributed by atoms with Gasteiger partial charge >= 0.3 is 0 Å². The molecule has 0 aliphatic carbocycles. The van der Waals surface area contributed by atoms with E-state index < -0.39 is 0 Å². The highest BCUT2D eigenvalue weighted by Gasteiger charge is 2.08. The van der Waals surface area contributed by atoms with E-state index in [-0.39, 0.29) is 5.91 Å². The van der Waals surface area contributed by atoms with Gasteiger partial charge in [0.1, 0.15) is 5.75 Å². The Labute approximate surface area is 134 Å². The van der Waals surface area contributed by atoms with Crippen molar-refractivity contribution in [3.8, 4) is 11.4 Å². The fourth-order valence-electron chi connectivity index (χ4n) is 2.32. The van der Waals surface area contributed by atoms with Crippen molar-refractivity contribution in [2.45, 2.75) is 6.42 Å². The summed E-state index contributed by atoms with van der Waals surface area (Å²) in [6, 6.07) is 17.0. The van der Waals surface area contributed by atoms with Crippen LogP contribution in [0.5, 0.6) is 5.75 Å². The van der Waals surface area contributed by atoms with Crippen molar-refractivity contribution >= 4 is 11.6 Å². The van der Waals surface area contributed by atoms with Gasteiger partial charge in [0.25, 0.3) is 0 Å². The molecule has 23 heavy (non-hydrogen) atoms. The number of carbonyl (C=O) groups excluding carboxylic acids is 1. The number of anilines is 1. The summed E-state index contributed by atoms with van der Waals surface area (Å²) in [7, 11) is 1.58. The van der Waals surface area contributed by atoms with E-state index in [1.165, 1.54) is 0 Å². The van der Waals surface area contributed by atoms with Crippen molar-refractivity contribution in [2.75, 3.05) is 12.4 Å². The van der Waals surface area contributed by atoms with Crippen LogP contribution >= 0.6 is 0 Å². The fourth-order valence-corrected chi connectivity index (χ4v) is 2.32. The van der Waals surface area contributed by atoms with Crippen molar-refractivity contribution in [3.05, 3.63) is 72.6 Å². The van der Waals surface area contributed by atoms with E-state index in [1.54, 1.807) is 18.0 Å². The van der Waals surface area contributed by atoms with Crippen LogP contribution in [0.4, 0.5) is 5.69 Å². The molecule has 0 saturated carbocycles. The summed E-state index contributed by atoms with van der Waals surface area (Å²) in [6.07, 6.45) is 3.91. The van der Waals surface area contributed by atoms with Gasteiger partial charge in [0, 0.05) is 12.4 Å². The van der Waals surface area contributed by atoms with Crippen LogP contribution in [0.1, 0.15) is 5.56 Å². The second-order valence-corrected chi connectivity index (χ2v) is 5.04. The van der Waals surface area contributed by atoms with Crippen LogP contribution in [-0.4, -0.2) is 22.8 Å². The Morgan fingerprint density at radius 3 is 2.61 bits per heavy atom. The highest BCUT2D eigenvalue weighted by atomic mass is 16.5. The first-order chi connectivity index (χ1) is 11.3. The number of aromatic nitrogens is 2. The molecule has 0 atom stereocenters. The van der Waals surface area contributed by atoms with Gasteiger partial charge in [0.2, 0.25) is 5.91 Å². The van der Waals surface area contributed by atoms with E-state index >= 15 is 0 Å². The van der Waals surface area contributed by atoms with Crippen molar-refractivity contribution in [1.29, 1.82) is 0 Å². The van der Waals surface area contributed by atoms with E-state index in [0.29, 0.717) is 17.9 Å². The molecule has 2 aromatic carbocycles. The SMILES string of the molecule is COc1ccccc1NC(=O)Cc1ccc(-n2cccn2)cc1. The number of nitrogens with zero attached hydrogens (tertiary/aromatic N) is 2. The summed E-state index contributed by atoms with van der Waals surface area (Å²) in [5.41, 5.74) is 2.57. The molecule has 1 heterocycles. The lowest BCUT2D eigenvalue weighted by Crippen LogP contribution is -2.15. The van der Waals surface area contributed by atoms with E-state index in [9.17, 15) is 4.79 Å². The van der Waals surface area contributed by atoms with Gasteiger partial charge in [-0.1, -0.05) is 24.3 Å². The summed E-state index contributed by atoms with van der Waals surface area (Å²) >= 11 is 0. The highest BCUT2D eigenvalue weighted by molar-refractivity contribution is 5.93. The Bertz CT molecular complexity index is 780. The van der Waals surface area contributed by atoms with Crippen LogP contribution in [0.3, 0.4) is 0 Å². The van der Waals surface area contributed by atoms with Gasteiger partial charge in [-0.25, -0.2) is 4.68 Å². The smallest absolute Gasteiger partial charge is 0.228 e. The van der Waals surface area contributed by atoms with Crippen LogP contribution in [0.25, 0.3) is 5.69 Å². The van der Waals surface area contributed by atoms with Gasteiger partial charge in [-0.2, -0.15) is 5.10 Å². The maximum absolute atomic E-state index is 12.2. The molecule has 5 nitrogen and oxygen atoms in total. The number of para-hydroxylation sites is 2. The molecule has 0 radical (unpaired) electrons. The Morgan fingerprint density at radius 1 is 1.13 bits per heavy atom. The summed E-state index contributed by atoms with van der Waals surface area (Å²) in [4.78, 5) is 12.2. The summed E-state index contributed by atoms with van der Waals surface area (Å²) in [5.74, 6) is 0.566. The van der Waals surface area contributed by atoms with Crippen molar-refractivity contribution in [1.82, 2.24) is 9.78 Å². The van der Waals surface area contributed by atoms with Crippen molar-refractivity contribution in [2.24, 2.45) is 0 Å². The molecule has 0 bridgehead atoms. The molecule has 0 saturated heterocycles. The van der Waals surface area contributed by atoms with Gasteiger partial charge in [0.05, 0.1) is 24.9 Å². The van der Waals surface area contributed by atoms with Crippen LogP contribution in [-0.2, 0) is 11.2 Å². The predicted molar refractivity (Wildman–Crippen MR) is 88.9 cm³/mol. The third-order valence-corrected chi connectivity index (χ3v) is 3.45. The lowest BCUT2D eigenvalue weighted by Gasteiger charge is -2.10. The summed E-state index contributed by atoms with van der Waals surface area (Å²) < 4.78 is 7.01. The Kier molecular flexibility index (Phi) is 4.38. The molecule has 0 fully saturated rings. The zero-order valence-corrected chi connectivity index (χ0v) is 12.8. The molecule has 0 aliphatic rings. The summed E-state index contributed by atoms with van der Waals surface area (Å²) in [6.45, 7) is 0. The van der Waals surface area contributed by atoms with E-state index in [0.717, 1.165) is 11.3 Å². The topological polar surface area (TPSA) is 56.1 Å². The first-order valence-electron chi connectivity index (χ1n) is 7.28. The van der Waals surface area contributed by atoms with Gasteiger partial charge < -0.3 is 10.1 Å². The molecule has 1 N–H and O–H groups in total. The van der Waals surface area contributed by atoms with Crippen LogP contribution in [0.15, 0.2) is 67.0 Å². The second kappa shape index (κ2) is 6.79. The van der Waals surface area contributed by atoms with E-state index in [2.05, 4.69) is 10.4 Å². The third-order valence-electron chi connectivity index (χ3n) is 3.45. The number of carbonyl (C=O) groups is 1. The first kappa shape index (κ1) is 14.8. The normalized spacial score (nSPS) is 10.3. The minimum absolute atomic E-state index is 0.0821. The zero-order valence-electron chi connectivity index (χ0n) is 12.8. The molecule has 0 aliphatic heterocycles. The Balaban J connectivity index is 1.66.